The Morgan fingerprint density at radius 1 is 1.57 bits per heavy atom. The van der Waals surface area contributed by atoms with Crippen molar-refractivity contribution in [2.45, 2.75) is 18.8 Å². The minimum absolute atomic E-state index is 0.184. The molecule has 1 rings (SSSR count). The van der Waals surface area contributed by atoms with Crippen molar-refractivity contribution in [2.24, 2.45) is 11.1 Å². The van der Waals surface area contributed by atoms with E-state index in [-0.39, 0.29) is 6.54 Å². The summed E-state index contributed by atoms with van der Waals surface area (Å²) >= 11 is 0. The van der Waals surface area contributed by atoms with Crippen molar-refractivity contribution in [3.8, 4) is 0 Å². The van der Waals surface area contributed by atoms with Crippen molar-refractivity contribution in [1.82, 2.24) is 5.32 Å². The van der Waals surface area contributed by atoms with E-state index in [1.165, 1.54) is 0 Å². The standard InChI is InChI=1S/C8H14F2N2O2/c9-8(10,5-13)4-12-6(14)7(3-11)1-2-7/h13H,1-5,11H2,(H,12,14). The Balaban J connectivity index is 2.35. The molecule has 0 radical (unpaired) electrons. The molecule has 14 heavy (non-hydrogen) atoms. The molecule has 0 spiro atoms. The monoisotopic (exact) mass is 208 g/mol. The van der Waals surface area contributed by atoms with Crippen LogP contribution in [0, 0.1) is 5.41 Å². The molecule has 0 unspecified atom stereocenters. The Hall–Kier alpha value is -0.750. The van der Waals surface area contributed by atoms with Gasteiger partial charge in [0.05, 0.1) is 12.0 Å². The van der Waals surface area contributed by atoms with Crippen molar-refractivity contribution >= 4 is 5.91 Å². The lowest BCUT2D eigenvalue weighted by molar-refractivity contribution is -0.128. The molecule has 0 heterocycles. The molecule has 0 saturated heterocycles. The topological polar surface area (TPSA) is 75.4 Å². The summed E-state index contributed by atoms with van der Waals surface area (Å²) < 4.78 is 25.1. The quantitative estimate of drug-likeness (QED) is 0.568. The second kappa shape index (κ2) is 3.78. The van der Waals surface area contributed by atoms with Gasteiger partial charge in [-0.2, -0.15) is 0 Å². The van der Waals surface area contributed by atoms with Crippen LogP contribution in [0.15, 0.2) is 0 Å². The number of carbonyl (C=O) groups is 1. The average molecular weight is 208 g/mol. The largest absolute Gasteiger partial charge is 0.390 e. The molecule has 0 aliphatic heterocycles. The first kappa shape index (κ1) is 11.3. The van der Waals surface area contributed by atoms with Crippen LogP contribution >= 0.6 is 0 Å². The van der Waals surface area contributed by atoms with E-state index >= 15 is 0 Å². The van der Waals surface area contributed by atoms with Gasteiger partial charge in [-0.15, -0.1) is 0 Å². The fourth-order valence-electron chi connectivity index (χ4n) is 1.13. The first-order valence-corrected chi connectivity index (χ1v) is 4.43. The van der Waals surface area contributed by atoms with Crippen LogP contribution in [-0.4, -0.2) is 36.6 Å². The highest BCUT2D eigenvalue weighted by molar-refractivity contribution is 5.85. The Morgan fingerprint density at radius 2 is 2.14 bits per heavy atom. The summed E-state index contributed by atoms with van der Waals surface area (Å²) in [5, 5.41) is 10.4. The van der Waals surface area contributed by atoms with E-state index < -0.39 is 30.4 Å². The molecule has 4 N–H and O–H groups in total. The summed E-state index contributed by atoms with van der Waals surface area (Å²) in [6.07, 6.45) is 1.31. The fraction of sp³-hybridized carbons (Fsp3) is 0.875. The molecule has 0 aromatic heterocycles. The van der Waals surface area contributed by atoms with E-state index in [0.29, 0.717) is 12.8 Å². The predicted molar refractivity (Wildman–Crippen MR) is 45.8 cm³/mol. The van der Waals surface area contributed by atoms with Gasteiger partial charge in [-0.3, -0.25) is 4.79 Å². The second-order valence-electron chi connectivity index (χ2n) is 3.68. The molecule has 1 aliphatic rings. The molecule has 1 fully saturated rings. The highest BCUT2D eigenvalue weighted by Gasteiger charge is 2.49. The van der Waals surface area contributed by atoms with E-state index in [1.54, 1.807) is 0 Å². The molecule has 6 heteroatoms. The number of aliphatic hydroxyl groups excluding tert-OH is 1. The summed E-state index contributed by atoms with van der Waals surface area (Å²) in [5.74, 6) is -3.69. The Morgan fingerprint density at radius 3 is 2.50 bits per heavy atom. The molecule has 82 valence electrons. The summed E-state index contributed by atoms with van der Waals surface area (Å²) in [7, 11) is 0. The number of aliphatic hydroxyl groups is 1. The zero-order valence-corrected chi connectivity index (χ0v) is 7.72. The number of hydrogen-bond acceptors (Lipinski definition) is 3. The van der Waals surface area contributed by atoms with E-state index in [4.69, 9.17) is 10.8 Å². The molecule has 0 bridgehead atoms. The predicted octanol–water partition coefficient (Wildman–Crippen LogP) is -0.531. The van der Waals surface area contributed by atoms with E-state index in [1.807, 2.05) is 0 Å². The minimum Gasteiger partial charge on any atom is -0.390 e. The number of rotatable bonds is 5. The molecule has 0 atom stereocenters. The van der Waals surface area contributed by atoms with E-state index in [9.17, 15) is 13.6 Å². The lowest BCUT2D eigenvalue weighted by Crippen LogP contribution is -2.44. The van der Waals surface area contributed by atoms with Crippen molar-refractivity contribution in [1.29, 1.82) is 0 Å². The summed E-state index contributed by atoms with van der Waals surface area (Å²) in [4.78, 5) is 11.3. The van der Waals surface area contributed by atoms with Crippen molar-refractivity contribution in [3.63, 3.8) is 0 Å². The minimum atomic E-state index is -3.25. The van der Waals surface area contributed by atoms with Gasteiger partial charge >= 0.3 is 0 Å². The van der Waals surface area contributed by atoms with Crippen LogP contribution in [0.4, 0.5) is 8.78 Å². The van der Waals surface area contributed by atoms with Crippen LogP contribution in [0.3, 0.4) is 0 Å². The Kier molecular flexibility index (Phi) is 3.06. The summed E-state index contributed by atoms with van der Waals surface area (Å²) in [5.41, 5.74) is 4.72. The number of alkyl halides is 2. The smallest absolute Gasteiger partial charge is 0.287 e. The Labute approximate surface area is 80.5 Å². The van der Waals surface area contributed by atoms with Crippen LogP contribution < -0.4 is 11.1 Å². The highest BCUT2D eigenvalue weighted by atomic mass is 19.3. The third-order valence-corrected chi connectivity index (χ3v) is 2.46. The molecular weight excluding hydrogens is 194 g/mol. The van der Waals surface area contributed by atoms with Gasteiger partial charge in [0.2, 0.25) is 5.91 Å². The van der Waals surface area contributed by atoms with Gasteiger partial charge in [0.25, 0.3) is 5.92 Å². The van der Waals surface area contributed by atoms with Crippen molar-refractivity contribution in [3.05, 3.63) is 0 Å². The van der Waals surface area contributed by atoms with Gasteiger partial charge in [-0.25, -0.2) is 8.78 Å². The lowest BCUT2D eigenvalue weighted by atomic mass is 10.1. The van der Waals surface area contributed by atoms with E-state index in [2.05, 4.69) is 5.32 Å². The molecule has 1 saturated carbocycles. The average Bonchev–Trinajstić information content (AvgIpc) is 2.95. The van der Waals surface area contributed by atoms with Gasteiger partial charge in [-0.05, 0) is 12.8 Å². The zero-order chi connectivity index (χ0) is 10.8. The maximum Gasteiger partial charge on any atom is 0.287 e. The normalized spacial score (nSPS) is 19.1. The van der Waals surface area contributed by atoms with Gasteiger partial charge < -0.3 is 16.2 Å². The molecule has 0 aromatic carbocycles. The van der Waals surface area contributed by atoms with Crippen LogP contribution in [0.25, 0.3) is 0 Å². The maximum absolute atomic E-state index is 12.5. The number of carbonyl (C=O) groups excluding carboxylic acids is 1. The van der Waals surface area contributed by atoms with Crippen LogP contribution in [0.5, 0.6) is 0 Å². The SMILES string of the molecule is NCC1(C(=O)NCC(F)(F)CO)CC1. The van der Waals surface area contributed by atoms with Gasteiger partial charge in [0.1, 0.15) is 6.61 Å². The Bertz CT molecular complexity index is 229. The fourth-order valence-corrected chi connectivity index (χ4v) is 1.13. The number of hydrogen-bond donors (Lipinski definition) is 3. The third kappa shape index (κ3) is 2.39. The van der Waals surface area contributed by atoms with Crippen molar-refractivity contribution in [2.75, 3.05) is 19.7 Å². The third-order valence-electron chi connectivity index (χ3n) is 2.46. The summed E-state index contributed by atoms with van der Waals surface area (Å²) in [6.45, 7) is -1.91. The maximum atomic E-state index is 12.5. The number of amides is 1. The van der Waals surface area contributed by atoms with Crippen LogP contribution in [-0.2, 0) is 4.79 Å². The van der Waals surface area contributed by atoms with Gasteiger partial charge in [-0.1, -0.05) is 0 Å². The summed E-state index contributed by atoms with van der Waals surface area (Å²) in [6, 6.07) is 0. The van der Waals surface area contributed by atoms with Gasteiger partial charge in [0, 0.05) is 6.54 Å². The first-order valence-electron chi connectivity index (χ1n) is 4.43. The van der Waals surface area contributed by atoms with Crippen LogP contribution in [0.1, 0.15) is 12.8 Å². The lowest BCUT2D eigenvalue weighted by Gasteiger charge is -2.17. The van der Waals surface area contributed by atoms with Crippen molar-refractivity contribution < 1.29 is 18.7 Å². The highest BCUT2D eigenvalue weighted by Crippen LogP contribution is 2.44. The molecule has 4 nitrogen and oxygen atoms in total. The number of nitrogens with two attached hydrogens (primary N) is 1. The zero-order valence-electron chi connectivity index (χ0n) is 7.72. The number of nitrogens with one attached hydrogen (secondary N) is 1. The van der Waals surface area contributed by atoms with Crippen LogP contribution in [0.2, 0.25) is 0 Å². The number of halogens is 2. The second-order valence-corrected chi connectivity index (χ2v) is 3.68. The van der Waals surface area contributed by atoms with E-state index in [0.717, 1.165) is 0 Å². The molecule has 1 aliphatic carbocycles. The molecule has 0 aromatic rings. The van der Waals surface area contributed by atoms with Gasteiger partial charge in [0.15, 0.2) is 0 Å². The molecular formula is C8H14F2N2O2. The first-order chi connectivity index (χ1) is 6.46. The molecule has 1 amide bonds.